The molecule has 0 atom stereocenters. The minimum atomic E-state index is 0.516. The molecule has 0 N–H and O–H groups in total. The van der Waals surface area contributed by atoms with E-state index in [1.54, 1.807) is 0 Å². The molecule has 330 valence electrons. The van der Waals surface area contributed by atoms with Crippen molar-refractivity contribution >= 4 is 0 Å². The van der Waals surface area contributed by atoms with Gasteiger partial charge in [-0.2, -0.15) is 0 Å². The number of hydrogen-bond acceptors (Lipinski definition) is 12. The highest BCUT2D eigenvalue weighted by Crippen LogP contribution is 2.15. The highest BCUT2D eigenvalue weighted by atomic mass is 16.6. The molecule has 1 aromatic rings. The van der Waals surface area contributed by atoms with Gasteiger partial charge in [0.05, 0.1) is 139 Å². The van der Waals surface area contributed by atoms with Gasteiger partial charge in [-0.25, -0.2) is 0 Å². The van der Waals surface area contributed by atoms with Gasteiger partial charge in [0.25, 0.3) is 0 Å². The number of rotatable bonds is 48. The van der Waals surface area contributed by atoms with Gasteiger partial charge in [0, 0.05) is 6.61 Å². The Morgan fingerprint density at radius 2 is 0.536 bits per heavy atom. The summed E-state index contributed by atoms with van der Waals surface area (Å²) in [5.41, 5.74) is 1.38. The van der Waals surface area contributed by atoms with E-state index in [-0.39, 0.29) is 0 Å². The van der Waals surface area contributed by atoms with Crippen molar-refractivity contribution in [1.29, 1.82) is 0 Å². The maximum atomic E-state index is 5.78. The third kappa shape index (κ3) is 40.8. The second-order valence-electron chi connectivity index (χ2n) is 13.5. The summed E-state index contributed by atoms with van der Waals surface area (Å²) < 4.78 is 66.7. The van der Waals surface area contributed by atoms with Crippen molar-refractivity contribution in [3.05, 3.63) is 29.8 Å². The van der Waals surface area contributed by atoms with Crippen LogP contribution in [0.25, 0.3) is 0 Å². The fraction of sp³-hybridized carbons (Fsp3) is 0.864. The molecule has 12 heteroatoms. The van der Waals surface area contributed by atoms with Crippen LogP contribution < -0.4 is 4.74 Å². The molecule has 12 nitrogen and oxygen atoms in total. The molecule has 56 heavy (non-hydrogen) atoms. The molecule has 1 aromatic carbocycles. The molecule has 0 spiro atoms. The average Bonchev–Trinajstić information content (AvgIpc) is 3.22. The lowest BCUT2D eigenvalue weighted by atomic mass is 10.0. The summed E-state index contributed by atoms with van der Waals surface area (Å²) in [6, 6.07) is 8.45. The summed E-state index contributed by atoms with van der Waals surface area (Å²) in [6.07, 6.45) is 16.8. The second kappa shape index (κ2) is 46.3. The van der Waals surface area contributed by atoms with Crippen LogP contribution in [0.15, 0.2) is 24.3 Å². The van der Waals surface area contributed by atoms with Gasteiger partial charge in [-0.3, -0.25) is 0 Å². The second-order valence-corrected chi connectivity index (χ2v) is 13.5. The van der Waals surface area contributed by atoms with E-state index in [1.807, 2.05) is 0 Å². The topological polar surface area (TPSA) is 111 Å². The van der Waals surface area contributed by atoms with E-state index >= 15 is 0 Å². The standard InChI is InChI=1S/C44H82O12/c1-3-5-7-9-11-13-15-43-16-18-44(19-17-43)56-42-41-55-40-39-54-38-37-53-36-35-52-34-33-51-32-31-50-30-29-49-28-27-48-26-25-47-24-23-46-22-21-45-20-14-12-10-8-6-4-2/h16-19H,3-15,20-42H2,1-2H3. The summed E-state index contributed by atoms with van der Waals surface area (Å²) in [6.45, 7) is 17.1. The van der Waals surface area contributed by atoms with Crippen LogP contribution >= 0.6 is 0 Å². The summed E-state index contributed by atoms with van der Waals surface area (Å²) in [4.78, 5) is 0. The molecule has 0 radical (unpaired) electrons. The first-order chi connectivity index (χ1) is 27.9. The first-order valence-corrected chi connectivity index (χ1v) is 21.9. The van der Waals surface area contributed by atoms with Crippen molar-refractivity contribution in [2.75, 3.05) is 152 Å². The molecule has 0 amide bonds. The van der Waals surface area contributed by atoms with Gasteiger partial charge in [0.1, 0.15) is 12.4 Å². The van der Waals surface area contributed by atoms with Gasteiger partial charge in [-0.1, -0.05) is 90.2 Å². The number of unbranched alkanes of at least 4 members (excludes halogenated alkanes) is 10. The lowest BCUT2D eigenvalue weighted by Crippen LogP contribution is -2.15. The number of aryl methyl sites for hydroxylation is 1. The quantitative estimate of drug-likeness (QED) is 0.0609. The molecule has 0 heterocycles. The van der Waals surface area contributed by atoms with Crippen LogP contribution in [0.4, 0.5) is 0 Å². The number of ether oxygens (including phenoxy) is 12. The molecule has 0 bridgehead atoms. The van der Waals surface area contributed by atoms with E-state index in [0.29, 0.717) is 145 Å². The Hall–Kier alpha value is -1.42. The van der Waals surface area contributed by atoms with Crippen LogP contribution in [-0.4, -0.2) is 152 Å². The molecule has 0 aliphatic carbocycles. The summed E-state index contributed by atoms with van der Waals surface area (Å²) in [7, 11) is 0. The first-order valence-electron chi connectivity index (χ1n) is 21.9. The molecular weight excluding hydrogens is 720 g/mol. The van der Waals surface area contributed by atoms with Gasteiger partial charge < -0.3 is 56.8 Å². The zero-order chi connectivity index (χ0) is 39.9. The van der Waals surface area contributed by atoms with Crippen molar-refractivity contribution in [3.63, 3.8) is 0 Å². The van der Waals surface area contributed by atoms with Crippen LogP contribution in [-0.2, 0) is 58.5 Å². The van der Waals surface area contributed by atoms with Crippen LogP contribution in [0.3, 0.4) is 0 Å². The molecule has 1 rings (SSSR count). The number of benzene rings is 1. The van der Waals surface area contributed by atoms with Crippen molar-refractivity contribution in [2.45, 2.75) is 97.3 Å². The maximum absolute atomic E-state index is 5.78. The number of hydrogen-bond donors (Lipinski definition) is 0. The third-order valence-electron chi connectivity index (χ3n) is 8.60. The molecule has 0 aliphatic heterocycles. The molecule has 0 fully saturated rings. The summed E-state index contributed by atoms with van der Waals surface area (Å²) in [5, 5.41) is 0. The van der Waals surface area contributed by atoms with E-state index < -0.39 is 0 Å². The lowest BCUT2D eigenvalue weighted by molar-refractivity contribution is -0.0277. The van der Waals surface area contributed by atoms with Crippen LogP contribution in [0.1, 0.15) is 96.5 Å². The van der Waals surface area contributed by atoms with Crippen molar-refractivity contribution in [1.82, 2.24) is 0 Å². The zero-order valence-electron chi connectivity index (χ0n) is 35.7. The zero-order valence-corrected chi connectivity index (χ0v) is 35.7. The monoisotopic (exact) mass is 803 g/mol. The van der Waals surface area contributed by atoms with Crippen molar-refractivity contribution < 1.29 is 56.8 Å². The predicted octanol–water partition coefficient (Wildman–Crippen LogP) is 7.51. The summed E-state index contributed by atoms with van der Waals surface area (Å²) >= 11 is 0. The lowest BCUT2D eigenvalue weighted by Gasteiger charge is -2.09. The van der Waals surface area contributed by atoms with Gasteiger partial charge in [0.2, 0.25) is 0 Å². The minimum Gasteiger partial charge on any atom is -0.491 e. The highest BCUT2D eigenvalue weighted by molar-refractivity contribution is 5.27. The predicted molar refractivity (Wildman–Crippen MR) is 221 cm³/mol. The Balaban J connectivity index is 1.66. The molecule has 0 saturated heterocycles. The smallest absolute Gasteiger partial charge is 0.119 e. The molecule has 0 aliphatic rings. The normalized spacial score (nSPS) is 11.5. The van der Waals surface area contributed by atoms with Gasteiger partial charge in [-0.15, -0.1) is 0 Å². The Labute approximate surface area is 341 Å². The average molecular weight is 803 g/mol. The van der Waals surface area contributed by atoms with E-state index in [4.69, 9.17) is 56.8 Å². The molecular formula is C44H82O12. The third-order valence-corrected chi connectivity index (χ3v) is 8.60. The fourth-order valence-corrected chi connectivity index (χ4v) is 5.37. The van der Waals surface area contributed by atoms with E-state index in [1.165, 1.54) is 76.2 Å². The van der Waals surface area contributed by atoms with Crippen LogP contribution in [0, 0.1) is 0 Å². The maximum Gasteiger partial charge on any atom is 0.119 e. The molecule has 0 saturated carbocycles. The van der Waals surface area contributed by atoms with Gasteiger partial charge in [-0.05, 0) is 37.0 Å². The Kier molecular flexibility index (Phi) is 43.5. The fourth-order valence-electron chi connectivity index (χ4n) is 5.37. The molecule has 0 aromatic heterocycles. The van der Waals surface area contributed by atoms with E-state index in [0.717, 1.165) is 25.2 Å². The highest BCUT2D eigenvalue weighted by Gasteiger charge is 2.00. The summed E-state index contributed by atoms with van der Waals surface area (Å²) in [5.74, 6) is 0.887. The Bertz CT molecular complexity index is 863. The SMILES string of the molecule is CCCCCCCCOCCOCCOCCOCCOCCOCCOCCOCCOCCOCCOCCOc1ccc(CCCCCCCC)cc1. The molecule has 0 unspecified atom stereocenters. The largest absolute Gasteiger partial charge is 0.491 e. The minimum absolute atomic E-state index is 0.516. The van der Waals surface area contributed by atoms with E-state index in [2.05, 4.69) is 38.1 Å². The van der Waals surface area contributed by atoms with Crippen LogP contribution in [0.5, 0.6) is 5.75 Å². The van der Waals surface area contributed by atoms with Crippen molar-refractivity contribution in [3.8, 4) is 5.75 Å². The van der Waals surface area contributed by atoms with E-state index in [9.17, 15) is 0 Å². The van der Waals surface area contributed by atoms with Gasteiger partial charge in [0.15, 0.2) is 0 Å². The van der Waals surface area contributed by atoms with Crippen LogP contribution in [0.2, 0.25) is 0 Å². The Morgan fingerprint density at radius 3 is 0.875 bits per heavy atom. The van der Waals surface area contributed by atoms with Crippen molar-refractivity contribution in [2.24, 2.45) is 0 Å². The Morgan fingerprint density at radius 1 is 0.268 bits per heavy atom. The van der Waals surface area contributed by atoms with Gasteiger partial charge >= 0.3 is 0 Å². The first kappa shape index (κ1) is 52.6.